The second kappa shape index (κ2) is 6.38. The number of carbonyl (C=O) groups excluding carboxylic acids is 1. The minimum Gasteiger partial charge on any atom is -0.352 e. The molecule has 0 aliphatic heterocycles. The second-order valence-electron chi connectivity index (χ2n) is 5.32. The van der Waals surface area contributed by atoms with Gasteiger partial charge >= 0.3 is 0 Å². The highest BCUT2D eigenvalue weighted by Gasteiger charge is 2.21. The molecular weight excluding hydrogens is 265 g/mol. The van der Waals surface area contributed by atoms with Gasteiger partial charge in [-0.05, 0) is 49.8 Å². The lowest BCUT2D eigenvalue weighted by Crippen LogP contribution is -2.32. The van der Waals surface area contributed by atoms with E-state index < -0.39 is 5.82 Å². The van der Waals surface area contributed by atoms with E-state index in [0.717, 1.165) is 31.2 Å². The van der Waals surface area contributed by atoms with Crippen molar-refractivity contribution in [2.75, 3.05) is 6.54 Å². The van der Waals surface area contributed by atoms with Crippen LogP contribution in [0.5, 0.6) is 0 Å². The first-order valence-corrected chi connectivity index (χ1v) is 7.18. The fourth-order valence-corrected chi connectivity index (χ4v) is 2.95. The van der Waals surface area contributed by atoms with E-state index in [1.165, 1.54) is 12.1 Å². The molecule has 19 heavy (non-hydrogen) atoms. The molecule has 1 aromatic carbocycles. The molecular formula is C15H19ClFNO. The number of hydrogen-bond donors (Lipinski definition) is 1. The number of benzene rings is 1. The summed E-state index contributed by atoms with van der Waals surface area (Å²) in [7, 11) is 0. The van der Waals surface area contributed by atoms with Crippen molar-refractivity contribution in [1.29, 1.82) is 0 Å². The summed E-state index contributed by atoms with van der Waals surface area (Å²) in [6.07, 6.45) is 4.17. The third kappa shape index (κ3) is 3.93. The number of aryl methyl sites for hydroxylation is 1. The predicted octanol–water partition coefficient (Wildman–Crippen LogP) is 3.66. The van der Waals surface area contributed by atoms with Gasteiger partial charge in [-0.25, -0.2) is 4.39 Å². The van der Waals surface area contributed by atoms with E-state index in [-0.39, 0.29) is 16.8 Å². The Kier molecular flexibility index (Phi) is 4.81. The van der Waals surface area contributed by atoms with E-state index in [4.69, 9.17) is 11.6 Å². The molecule has 0 radical (unpaired) electrons. The zero-order valence-electron chi connectivity index (χ0n) is 11.1. The Hall–Kier alpha value is -1.09. The average molecular weight is 284 g/mol. The van der Waals surface area contributed by atoms with E-state index >= 15 is 0 Å². The van der Waals surface area contributed by atoms with Crippen LogP contribution in [-0.2, 0) is 0 Å². The number of halogens is 2. The molecule has 104 valence electrons. The van der Waals surface area contributed by atoms with Crippen LogP contribution in [0.3, 0.4) is 0 Å². The number of alkyl halides is 1. The molecule has 1 aliphatic carbocycles. The molecule has 4 heteroatoms. The molecule has 1 amide bonds. The Morgan fingerprint density at radius 1 is 1.47 bits per heavy atom. The number of rotatable bonds is 3. The van der Waals surface area contributed by atoms with Gasteiger partial charge in [0, 0.05) is 11.9 Å². The van der Waals surface area contributed by atoms with Crippen LogP contribution in [0.1, 0.15) is 41.6 Å². The first kappa shape index (κ1) is 14.3. The summed E-state index contributed by atoms with van der Waals surface area (Å²) in [6.45, 7) is 2.38. The standard InChI is InChI=1S/C15H19ClFNO/c1-10-5-6-13(14(17)7-10)15(19)18-9-11-3-2-4-12(16)8-11/h5-7,11-12H,2-4,8-9H2,1H3,(H,18,19). The van der Waals surface area contributed by atoms with Gasteiger partial charge in [0.25, 0.3) is 5.91 Å². The number of nitrogens with one attached hydrogen (secondary N) is 1. The van der Waals surface area contributed by atoms with Crippen LogP contribution in [0.25, 0.3) is 0 Å². The Morgan fingerprint density at radius 3 is 2.95 bits per heavy atom. The van der Waals surface area contributed by atoms with Crippen molar-refractivity contribution in [1.82, 2.24) is 5.32 Å². The Morgan fingerprint density at radius 2 is 2.26 bits per heavy atom. The van der Waals surface area contributed by atoms with Crippen molar-refractivity contribution in [2.45, 2.75) is 38.0 Å². The maximum atomic E-state index is 13.6. The highest BCUT2D eigenvalue weighted by Crippen LogP contribution is 2.27. The van der Waals surface area contributed by atoms with Gasteiger partial charge in [0.2, 0.25) is 0 Å². The third-order valence-electron chi connectivity index (χ3n) is 3.64. The molecule has 1 aliphatic rings. The van der Waals surface area contributed by atoms with Crippen molar-refractivity contribution >= 4 is 17.5 Å². The Bertz CT molecular complexity index is 463. The van der Waals surface area contributed by atoms with E-state index in [1.807, 2.05) is 0 Å². The summed E-state index contributed by atoms with van der Waals surface area (Å²) < 4.78 is 13.6. The van der Waals surface area contributed by atoms with E-state index in [0.29, 0.717) is 12.5 Å². The molecule has 2 rings (SSSR count). The highest BCUT2D eigenvalue weighted by molar-refractivity contribution is 6.20. The molecule has 0 bridgehead atoms. The van der Waals surface area contributed by atoms with Crippen LogP contribution in [-0.4, -0.2) is 17.8 Å². The quantitative estimate of drug-likeness (QED) is 0.843. The molecule has 2 atom stereocenters. The van der Waals surface area contributed by atoms with Crippen LogP contribution in [0, 0.1) is 18.7 Å². The molecule has 1 saturated carbocycles. The van der Waals surface area contributed by atoms with Crippen molar-refractivity contribution in [3.63, 3.8) is 0 Å². The van der Waals surface area contributed by atoms with Gasteiger partial charge in [-0.3, -0.25) is 4.79 Å². The maximum Gasteiger partial charge on any atom is 0.254 e. The first-order valence-electron chi connectivity index (χ1n) is 6.74. The van der Waals surface area contributed by atoms with Gasteiger partial charge in [0.15, 0.2) is 0 Å². The lowest BCUT2D eigenvalue weighted by Gasteiger charge is -2.25. The summed E-state index contributed by atoms with van der Waals surface area (Å²) in [5.41, 5.74) is 0.926. The smallest absolute Gasteiger partial charge is 0.254 e. The Balaban J connectivity index is 1.90. The molecule has 0 saturated heterocycles. The van der Waals surface area contributed by atoms with Crippen LogP contribution in [0.4, 0.5) is 4.39 Å². The molecule has 2 unspecified atom stereocenters. The van der Waals surface area contributed by atoms with E-state index in [9.17, 15) is 9.18 Å². The van der Waals surface area contributed by atoms with Gasteiger partial charge in [0.1, 0.15) is 5.82 Å². The van der Waals surface area contributed by atoms with Crippen LogP contribution in [0.15, 0.2) is 18.2 Å². The lowest BCUT2D eigenvalue weighted by atomic mass is 9.89. The predicted molar refractivity (Wildman–Crippen MR) is 75.1 cm³/mol. The molecule has 1 aromatic rings. The van der Waals surface area contributed by atoms with Crippen LogP contribution in [0.2, 0.25) is 0 Å². The third-order valence-corrected chi connectivity index (χ3v) is 4.04. The molecule has 0 heterocycles. The second-order valence-corrected chi connectivity index (χ2v) is 5.94. The van der Waals surface area contributed by atoms with Gasteiger partial charge < -0.3 is 5.32 Å². The summed E-state index contributed by atoms with van der Waals surface area (Å²) in [6, 6.07) is 4.66. The number of carbonyl (C=O) groups is 1. The van der Waals surface area contributed by atoms with Crippen LogP contribution < -0.4 is 5.32 Å². The van der Waals surface area contributed by atoms with Crippen molar-refractivity contribution in [2.24, 2.45) is 5.92 Å². The van der Waals surface area contributed by atoms with Crippen molar-refractivity contribution in [3.05, 3.63) is 35.1 Å². The summed E-state index contributed by atoms with van der Waals surface area (Å²) in [5.74, 6) is -0.390. The normalized spacial score (nSPS) is 23.1. The topological polar surface area (TPSA) is 29.1 Å². The fraction of sp³-hybridized carbons (Fsp3) is 0.533. The summed E-state index contributed by atoms with van der Waals surface area (Å²) in [5, 5.41) is 3.03. The molecule has 1 fully saturated rings. The number of hydrogen-bond acceptors (Lipinski definition) is 1. The fourth-order valence-electron chi connectivity index (χ4n) is 2.55. The first-order chi connectivity index (χ1) is 9.06. The van der Waals surface area contributed by atoms with Crippen molar-refractivity contribution < 1.29 is 9.18 Å². The maximum absolute atomic E-state index is 13.6. The minimum atomic E-state index is -0.462. The minimum absolute atomic E-state index is 0.115. The SMILES string of the molecule is Cc1ccc(C(=O)NCC2CCCC(Cl)C2)c(F)c1. The van der Waals surface area contributed by atoms with E-state index in [2.05, 4.69) is 5.32 Å². The van der Waals surface area contributed by atoms with Gasteiger partial charge in [-0.2, -0.15) is 0 Å². The average Bonchev–Trinajstić information content (AvgIpc) is 2.36. The molecule has 2 nitrogen and oxygen atoms in total. The van der Waals surface area contributed by atoms with Gasteiger partial charge in [-0.15, -0.1) is 11.6 Å². The van der Waals surface area contributed by atoms with E-state index in [1.54, 1.807) is 13.0 Å². The summed E-state index contributed by atoms with van der Waals surface area (Å²) >= 11 is 6.11. The molecule has 0 spiro atoms. The Labute approximate surface area is 118 Å². The lowest BCUT2D eigenvalue weighted by molar-refractivity contribution is 0.0939. The largest absolute Gasteiger partial charge is 0.352 e. The van der Waals surface area contributed by atoms with Gasteiger partial charge in [-0.1, -0.05) is 12.5 Å². The highest BCUT2D eigenvalue weighted by atomic mass is 35.5. The summed E-state index contributed by atoms with van der Waals surface area (Å²) in [4.78, 5) is 11.9. The monoisotopic (exact) mass is 283 g/mol. The molecule has 1 N–H and O–H groups in total. The van der Waals surface area contributed by atoms with Crippen molar-refractivity contribution in [3.8, 4) is 0 Å². The zero-order chi connectivity index (χ0) is 13.8. The molecule has 0 aromatic heterocycles. The van der Waals surface area contributed by atoms with Crippen LogP contribution >= 0.6 is 11.6 Å². The number of amides is 1. The van der Waals surface area contributed by atoms with Gasteiger partial charge in [0.05, 0.1) is 5.56 Å². The zero-order valence-corrected chi connectivity index (χ0v) is 11.8.